The third kappa shape index (κ3) is 2.86. The van der Waals surface area contributed by atoms with Crippen LogP contribution in [-0.4, -0.2) is 43.2 Å². The van der Waals surface area contributed by atoms with Crippen LogP contribution in [0.3, 0.4) is 0 Å². The van der Waals surface area contributed by atoms with Gasteiger partial charge in [-0.3, -0.25) is 4.79 Å². The fourth-order valence-corrected chi connectivity index (χ4v) is 3.03. The van der Waals surface area contributed by atoms with Crippen LogP contribution < -0.4 is 5.73 Å². The van der Waals surface area contributed by atoms with E-state index >= 15 is 0 Å². The lowest BCUT2D eigenvalue weighted by Crippen LogP contribution is -2.47. The lowest BCUT2D eigenvalue weighted by molar-refractivity contribution is -0.137. The Kier molecular flexibility index (Phi) is 3.97. The highest BCUT2D eigenvalue weighted by Crippen LogP contribution is 2.34. The van der Waals surface area contributed by atoms with E-state index in [4.69, 9.17) is 10.5 Å². The maximum atomic E-state index is 12.3. The molecule has 4 nitrogen and oxygen atoms in total. The molecular formula is C14H26N2O2. The normalized spacial score (nSPS) is 30.8. The molecule has 2 rings (SSSR count). The van der Waals surface area contributed by atoms with Crippen molar-refractivity contribution in [2.75, 3.05) is 26.3 Å². The molecule has 0 spiro atoms. The number of hydrogen-bond donors (Lipinski definition) is 1. The maximum Gasteiger partial charge on any atom is 0.229 e. The first kappa shape index (κ1) is 13.8. The lowest BCUT2D eigenvalue weighted by atomic mass is 9.75. The summed E-state index contributed by atoms with van der Waals surface area (Å²) in [6.07, 6.45) is 2.22. The SMILES string of the molecule is CC(C)(C)C1CCN(C(=O)C2COCC2N)CC1. The second-order valence-electron chi connectivity index (χ2n) is 6.77. The molecule has 2 aliphatic heterocycles. The van der Waals surface area contributed by atoms with Gasteiger partial charge in [-0.1, -0.05) is 20.8 Å². The van der Waals surface area contributed by atoms with Gasteiger partial charge in [0.15, 0.2) is 0 Å². The van der Waals surface area contributed by atoms with E-state index in [9.17, 15) is 4.79 Å². The molecule has 0 aliphatic carbocycles. The van der Waals surface area contributed by atoms with Crippen molar-refractivity contribution in [2.24, 2.45) is 23.0 Å². The quantitative estimate of drug-likeness (QED) is 0.766. The fraction of sp³-hybridized carbons (Fsp3) is 0.929. The van der Waals surface area contributed by atoms with Crippen LogP contribution >= 0.6 is 0 Å². The van der Waals surface area contributed by atoms with Crippen LogP contribution in [0.5, 0.6) is 0 Å². The van der Waals surface area contributed by atoms with E-state index in [-0.39, 0.29) is 17.9 Å². The standard InChI is InChI=1S/C14H26N2O2/c1-14(2,3)10-4-6-16(7-5-10)13(17)11-8-18-9-12(11)15/h10-12H,4-9,15H2,1-3H3. The van der Waals surface area contributed by atoms with Crippen LogP contribution in [0.2, 0.25) is 0 Å². The summed E-state index contributed by atoms with van der Waals surface area (Å²) in [5, 5.41) is 0. The zero-order chi connectivity index (χ0) is 13.3. The van der Waals surface area contributed by atoms with Crippen molar-refractivity contribution < 1.29 is 9.53 Å². The van der Waals surface area contributed by atoms with Crippen LogP contribution in [0, 0.1) is 17.3 Å². The third-order valence-corrected chi connectivity index (χ3v) is 4.47. The molecule has 2 saturated heterocycles. The summed E-state index contributed by atoms with van der Waals surface area (Å²) in [5.41, 5.74) is 6.26. The van der Waals surface area contributed by atoms with Gasteiger partial charge >= 0.3 is 0 Å². The van der Waals surface area contributed by atoms with Crippen LogP contribution in [0.15, 0.2) is 0 Å². The number of piperidine rings is 1. The third-order valence-electron chi connectivity index (χ3n) is 4.47. The zero-order valence-corrected chi connectivity index (χ0v) is 11.8. The molecule has 104 valence electrons. The van der Waals surface area contributed by atoms with Gasteiger partial charge in [-0.25, -0.2) is 0 Å². The van der Waals surface area contributed by atoms with E-state index in [1.54, 1.807) is 0 Å². The largest absolute Gasteiger partial charge is 0.379 e. The van der Waals surface area contributed by atoms with E-state index < -0.39 is 0 Å². The van der Waals surface area contributed by atoms with Gasteiger partial charge in [0.05, 0.1) is 19.1 Å². The highest BCUT2D eigenvalue weighted by molar-refractivity contribution is 5.80. The van der Waals surface area contributed by atoms with Crippen LogP contribution in [0.4, 0.5) is 0 Å². The van der Waals surface area contributed by atoms with Gasteiger partial charge in [-0.15, -0.1) is 0 Å². The van der Waals surface area contributed by atoms with Crippen molar-refractivity contribution in [3.63, 3.8) is 0 Å². The Morgan fingerprint density at radius 2 is 1.83 bits per heavy atom. The Labute approximate surface area is 110 Å². The summed E-state index contributed by atoms with van der Waals surface area (Å²) < 4.78 is 5.28. The number of rotatable bonds is 1. The number of nitrogens with two attached hydrogens (primary N) is 1. The molecule has 0 saturated carbocycles. The molecule has 0 aromatic heterocycles. The van der Waals surface area contributed by atoms with Crippen molar-refractivity contribution in [3.05, 3.63) is 0 Å². The highest BCUT2D eigenvalue weighted by Gasteiger charge is 2.37. The molecule has 2 heterocycles. The number of amides is 1. The van der Waals surface area contributed by atoms with Gasteiger partial charge in [0, 0.05) is 19.1 Å². The van der Waals surface area contributed by atoms with Gasteiger partial charge in [0.2, 0.25) is 5.91 Å². The number of nitrogens with zero attached hydrogens (tertiary/aromatic N) is 1. The number of carbonyl (C=O) groups is 1. The average molecular weight is 254 g/mol. The molecular weight excluding hydrogens is 228 g/mol. The average Bonchev–Trinajstić information content (AvgIpc) is 2.73. The molecule has 2 aliphatic rings. The minimum Gasteiger partial charge on any atom is -0.379 e. The highest BCUT2D eigenvalue weighted by atomic mass is 16.5. The predicted octanol–water partition coefficient (Wildman–Crippen LogP) is 1.24. The molecule has 18 heavy (non-hydrogen) atoms. The molecule has 4 heteroatoms. The number of hydrogen-bond acceptors (Lipinski definition) is 3. The first-order valence-electron chi connectivity index (χ1n) is 7.01. The van der Waals surface area contributed by atoms with Gasteiger partial charge in [0.1, 0.15) is 0 Å². The summed E-state index contributed by atoms with van der Waals surface area (Å²) in [4.78, 5) is 14.3. The number of ether oxygens (including phenoxy) is 1. The van der Waals surface area contributed by atoms with Crippen LogP contribution in [0.1, 0.15) is 33.6 Å². The molecule has 2 atom stereocenters. The Bertz CT molecular complexity index is 303. The zero-order valence-electron chi connectivity index (χ0n) is 11.8. The van der Waals surface area contributed by atoms with Gasteiger partial charge in [-0.2, -0.15) is 0 Å². The van der Waals surface area contributed by atoms with Crippen LogP contribution in [0.25, 0.3) is 0 Å². The van der Waals surface area contributed by atoms with Crippen molar-refractivity contribution >= 4 is 5.91 Å². The van der Waals surface area contributed by atoms with Crippen molar-refractivity contribution in [2.45, 2.75) is 39.7 Å². The van der Waals surface area contributed by atoms with Gasteiger partial charge in [0.25, 0.3) is 0 Å². The summed E-state index contributed by atoms with van der Waals surface area (Å²) in [6.45, 7) is 9.64. The molecule has 2 unspecified atom stereocenters. The molecule has 1 amide bonds. The Morgan fingerprint density at radius 3 is 2.28 bits per heavy atom. The summed E-state index contributed by atoms with van der Waals surface area (Å²) >= 11 is 0. The van der Waals surface area contributed by atoms with E-state index in [0.717, 1.165) is 31.8 Å². The minimum atomic E-state index is -0.115. The number of likely N-dealkylation sites (tertiary alicyclic amines) is 1. The van der Waals surface area contributed by atoms with E-state index in [0.29, 0.717) is 18.6 Å². The van der Waals surface area contributed by atoms with Crippen molar-refractivity contribution in [3.8, 4) is 0 Å². The summed E-state index contributed by atoms with van der Waals surface area (Å²) in [5.74, 6) is 0.804. The van der Waals surface area contributed by atoms with E-state index in [1.165, 1.54) is 0 Å². The Balaban J connectivity index is 1.88. The number of carbonyl (C=O) groups excluding carboxylic acids is 1. The first-order chi connectivity index (χ1) is 8.39. The first-order valence-corrected chi connectivity index (χ1v) is 7.01. The second-order valence-corrected chi connectivity index (χ2v) is 6.77. The topological polar surface area (TPSA) is 55.6 Å². The smallest absolute Gasteiger partial charge is 0.229 e. The molecule has 0 aromatic carbocycles. The predicted molar refractivity (Wildman–Crippen MR) is 71.0 cm³/mol. The fourth-order valence-electron chi connectivity index (χ4n) is 3.03. The van der Waals surface area contributed by atoms with Gasteiger partial charge in [-0.05, 0) is 24.2 Å². The molecule has 2 N–H and O–H groups in total. The van der Waals surface area contributed by atoms with Crippen molar-refractivity contribution in [1.29, 1.82) is 0 Å². The summed E-state index contributed by atoms with van der Waals surface area (Å²) in [6, 6.07) is -0.113. The summed E-state index contributed by atoms with van der Waals surface area (Å²) in [7, 11) is 0. The Hall–Kier alpha value is -0.610. The maximum absolute atomic E-state index is 12.3. The molecule has 0 bridgehead atoms. The monoisotopic (exact) mass is 254 g/mol. The van der Waals surface area contributed by atoms with Crippen LogP contribution in [-0.2, 0) is 9.53 Å². The lowest BCUT2D eigenvalue weighted by Gasteiger charge is -2.39. The Morgan fingerprint density at radius 1 is 1.22 bits per heavy atom. The molecule has 0 aromatic rings. The van der Waals surface area contributed by atoms with E-state index in [1.807, 2.05) is 4.90 Å². The van der Waals surface area contributed by atoms with E-state index in [2.05, 4.69) is 20.8 Å². The molecule has 0 radical (unpaired) electrons. The second kappa shape index (κ2) is 5.17. The molecule has 2 fully saturated rings. The van der Waals surface area contributed by atoms with Gasteiger partial charge < -0.3 is 15.4 Å². The minimum absolute atomic E-state index is 0.113. The van der Waals surface area contributed by atoms with Crippen molar-refractivity contribution in [1.82, 2.24) is 4.90 Å².